The summed E-state index contributed by atoms with van der Waals surface area (Å²) in [6.07, 6.45) is 2.33. The first kappa shape index (κ1) is 8.54. The Morgan fingerprint density at radius 3 is 2.54 bits per heavy atom. The zero-order valence-electron chi connectivity index (χ0n) is 7.54. The number of halogens is 1. The van der Waals surface area contributed by atoms with Crippen molar-refractivity contribution in [1.29, 1.82) is 0 Å². The molecule has 1 fully saturated rings. The fourth-order valence-electron chi connectivity index (χ4n) is 1.75. The first-order valence-corrected chi connectivity index (χ1v) is 4.77. The molecule has 1 aromatic rings. The highest BCUT2D eigenvalue weighted by molar-refractivity contribution is 5.47. The van der Waals surface area contributed by atoms with Gasteiger partial charge in [0.1, 0.15) is 6.17 Å². The molecule has 1 aliphatic rings. The van der Waals surface area contributed by atoms with E-state index in [4.69, 9.17) is 5.73 Å². The van der Waals surface area contributed by atoms with Crippen molar-refractivity contribution in [2.24, 2.45) is 5.92 Å². The summed E-state index contributed by atoms with van der Waals surface area (Å²) in [6, 6.07) is 7.24. The fourth-order valence-corrected chi connectivity index (χ4v) is 1.75. The third kappa shape index (κ3) is 1.53. The third-order valence-corrected chi connectivity index (χ3v) is 2.86. The monoisotopic (exact) mass is 179 g/mol. The highest BCUT2D eigenvalue weighted by atomic mass is 19.1. The quantitative estimate of drug-likeness (QED) is 0.694. The van der Waals surface area contributed by atoms with Crippen LogP contribution in [0.1, 0.15) is 31.0 Å². The van der Waals surface area contributed by atoms with Crippen molar-refractivity contribution >= 4 is 5.69 Å². The van der Waals surface area contributed by atoms with Crippen LogP contribution >= 0.6 is 0 Å². The average Bonchev–Trinajstić information content (AvgIpc) is 2.01. The molecular weight excluding hydrogens is 165 g/mol. The molecule has 1 atom stereocenters. The Hall–Kier alpha value is -1.05. The summed E-state index contributed by atoms with van der Waals surface area (Å²) >= 11 is 0. The van der Waals surface area contributed by atoms with Gasteiger partial charge in [-0.05, 0) is 24.8 Å². The normalized spacial score (nSPS) is 19.5. The molecule has 0 bridgehead atoms. The van der Waals surface area contributed by atoms with Crippen molar-refractivity contribution in [3.63, 3.8) is 0 Å². The van der Waals surface area contributed by atoms with Gasteiger partial charge in [-0.2, -0.15) is 0 Å². The second-order valence-electron chi connectivity index (χ2n) is 3.72. The SMILES string of the molecule is Nc1ccccc1C(F)C1CCC1. The zero-order valence-corrected chi connectivity index (χ0v) is 7.54. The highest BCUT2D eigenvalue weighted by Crippen LogP contribution is 2.41. The number of nitrogens with two attached hydrogens (primary N) is 1. The maximum atomic E-state index is 13.8. The second-order valence-corrected chi connectivity index (χ2v) is 3.72. The molecule has 2 N–H and O–H groups in total. The molecular formula is C11H14FN. The molecule has 1 aliphatic carbocycles. The van der Waals surface area contributed by atoms with E-state index in [0.717, 1.165) is 19.3 Å². The largest absolute Gasteiger partial charge is 0.398 e. The molecule has 1 unspecified atom stereocenters. The number of hydrogen-bond acceptors (Lipinski definition) is 1. The molecule has 0 spiro atoms. The van der Waals surface area contributed by atoms with Gasteiger partial charge in [-0.25, -0.2) is 4.39 Å². The minimum Gasteiger partial charge on any atom is -0.398 e. The van der Waals surface area contributed by atoms with Crippen molar-refractivity contribution in [1.82, 2.24) is 0 Å². The Kier molecular flexibility index (Phi) is 2.21. The molecule has 0 aromatic heterocycles. The Bertz CT molecular complexity index is 294. The molecule has 1 saturated carbocycles. The van der Waals surface area contributed by atoms with Crippen LogP contribution in [0.15, 0.2) is 24.3 Å². The number of rotatable bonds is 2. The van der Waals surface area contributed by atoms with Gasteiger partial charge in [0.2, 0.25) is 0 Å². The van der Waals surface area contributed by atoms with Crippen molar-refractivity contribution < 1.29 is 4.39 Å². The van der Waals surface area contributed by atoms with Gasteiger partial charge in [0.25, 0.3) is 0 Å². The Labute approximate surface area is 77.8 Å². The maximum Gasteiger partial charge on any atom is 0.130 e. The lowest BCUT2D eigenvalue weighted by atomic mass is 9.79. The van der Waals surface area contributed by atoms with Gasteiger partial charge in [0.15, 0.2) is 0 Å². The lowest BCUT2D eigenvalue weighted by molar-refractivity contribution is 0.150. The van der Waals surface area contributed by atoms with Crippen LogP contribution in [0.3, 0.4) is 0 Å². The van der Waals surface area contributed by atoms with Crippen LogP contribution in [0.2, 0.25) is 0 Å². The van der Waals surface area contributed by atoms with E-state index in [2.05, 4.69) is 0 Å². The summed E-state index contributed by atoms with van der Waals surface area (Å²) < 4.78 is 13.8. The number of para-hydroxylation sites is 1. The van der Waals surface area contributed by atoms with E-state index >= 15 is 0 Å². The molecule has 2 heteroatoms. The van der Waals surface area contributed by atoms with Crippen LogP contribution in [-0.4, -0.2) is 0 Å². The first-order valence-electron chi connectivity index (χ1n) is 4.77. The number of hydrogen-bond donors (Lipinski definition) is 1. The Morgan fingerprint density at radius 1 is 1.31 bits per heavy atom. The number of anilines is 1. The maximum absolute atomic E-state index is 13.8. The minimum absolute atomic E-state index is 0.213. The molecule has 70 valence electrons. The van der Waals surface area contributed by atoms with Gasteiger partial charge < -0.3 is 5.73 Å². The molecule has 0 aliphatic heterocycles. The summed E-state index contributed by atoms with van der Waals surface area (Å²) in [5.41, 5.74) is 6.96. The topological polar surface area (TPSA) is 26.0 Å². The van der Waals surface area contributed by atoms with E-state index in [1.54, 1.807) is 12.1 Å². The number of benzene rings is 1. The van der Waals surface area contributed by atoms with Crippen molar-refractivity contribution in [3.05, 3.63) is 29.8 Å². The third-order valence-electron chi connectivity index (χ3n) is 2.86. The lowest BCUT2D eigenvalue weighted by Crippen LogP contribution is -2.18. The zero-order chi connectivity index (χ0) is 9.26. The van der Waals surface area contributed by atoms with E-state index < -0.39 is 6.17 Å². The van der Waals surface area contributed by atoms with Gasteiger partial charge in [-0.15, -0.1) is 0 Å². The van der Waals surface area contributed by atoms with Crippen LogP contribution in [0.4, 0.5) is 10.1 Å². The summed E-state index contributed by atoms with van der Waals surface area (Å²) in [5.74, 6) is 0.213. The van der Waals surface area contributed by atoms with Gasteiger partial charge in [-0.3, -0.25) is 0 Å². The van der Waals surface area contributed by atoms with Crippen LogP contribution in [0, 0.1) is 5.92 Å². The smallest absolute Gasteiger partial charge is 0.130 e. The average molecular weight is 179 g/mol. The minimum atomic E-state index is -0.852. The molecule has 0 radical (unpaired) electrons. The molecule has 1 nitrogen and oxygen atoms in total. The summed E-state index contributed by atoms with van der Waals surface area (Å²) in [6.45, 7) is 0. The molecule has 0 saturated heterocycles. The van der Waals surface area contributed by atoms with Crippen molar-refractivity contribution in [2.75, 3.05) is 5.73 Å². The Morgan fingerprint density at radius 2 is 2.00 bits per heavy atom. The molecule has 2 rings (SSSR count). The second kappa shape index (κ2) is 3.36. The highest BCUT2D eigenvalue weighted by Gasteiger charge is 2.29. The molecule has 1 aromatic carbocycles. The predicted molar refractivity (Wildman–Crippen MR) is 52.0 cm³/mol. The number of alkyl halides is 1. The molecule has 0 heterocycles. The number of nitrogen functional groups attached to an aromatic ring is 1. The standard InChI is InChI=1S/C11H14FN/c12-11(8-4-3-5-8)9-6-1-2-7-10(9)13/h1-2,6-8,11H,3-5,13H2. The fraction of sp³-hybridized carbons (Fsp3) is 0.455. The first-order chi connectivity index (χ1) is 6.29. The van der Waals surface area contributed by atoms with Crippen LogP contribution < -0.4 is 5.73 Å². The summed E-state index contributed by atoms with van der Waals surface area (Å²) in [4.78, 5) is 0. The van der Waals surface area contributed by atoms with E-state index in [0.29, 0.717) is 11.3 Å². The molecule has 0 amide bonds. The van der Waals surface area contributed by atoms with Gasteiger partial charge in [0.05, 0.1) is 0 Å². The van der Waals surface area contributed by atoms with E-state index in [-0.39, 0.29) is 5.92 Å². The van der Waals surface area contributed by atoms with Crippen LogP contribution in [0.25, 0.3) is 0 Å². The Balaban J connectivity index is 2.18. The van der Waals surface area contributed by atoms with E-state index in [1.165, 1.54) is 0 Å². The van der Waals surface area contributed by atoms with Gasteiger partial charge in [0, 0.05) is 11.3 Å². The van der Waals surface area contributed by atoms with E-state index in [1.807, 2.05) is 12.1 Å². The predicted octanol–water partition coefficient (Wildman–Crippen LogP) is 3.08. The lowest BCUT2D eigenvalue weighted by Gasteiger charge is -2.29. The van der Waals surface area contributed by atoms with Crippen molar-refractivity contribution in [2.45, 2.75) is 25.4 Å². The van der Waals surface area contributed by atoms with Crippen LogP contribution in [0.5, 0.6) is 0 Å². The summed E-state index contributed by atoms with van der Waals surface area (Å²) in [5, 5.41) is 0. The summed E-state index contributed by atoms with van der Waals surface area (Å²) in [7, 11) is 0. The van der Waals surface area contributed by atoms with Gasteiger partial charge in [-0.1, -0.05) is 24.6 Å². The van der Waals surface area contributed by atoms with Gasteiger partial charge >= 0.3 is 0 Å². The van der Waals surface area contributed by atoms with Crippen LogP contribution in [-0.2, 0) is 0 Å². The van der Waals surface area contributed by atoms with E-state index in [9.17, 15) is 4.39 Å². The molecule has 13 heavy (non-hydrogen) atoms. The van der Waals surface area contributed by atoms with Crippen molar-refractivity contribution in [3.8, 4) is 0 Å².